The van der Waals surface area contributed by atoms with Gasteiger partial charge in [0.15, 0.2) is 11.5 Å². The van der Waals surface area contributed by atoms with Crippen molar-refractivity contribution in [2.45, 2.75) is 6.42 Å². The molecule has 0 aromatic heterocycles. The van der Waals surface area contributed by atoms with Gasteiger partial charge in [-0.1, -0.05) is 18.2 Å². The highest BCUT2D eigenvalue weighted by Crippen LogP contribution is 2.52. The topological polar surface area (TPSA) is 68.2 Å². The first-order chi connectivity index (χ1) is 11.7. The van der Waals surface area contributed by atoms with Gasteiger partial charge in [0, 0.05) is 5.56 Å². The Morgan fingerprint density at radius 2 is 1.75 bits per heavy atom. The van der Waals surface area contributed by atoms with Crippen molar-refractivity contribution in [1.82, 2.24) is 5.01 Å². The smallest absolute Gasteiger partial charge is 0.254 e. The molecule has 4 rings (SSSR count). The van der Waals surface area contributed by atoms with Crippen LogP contribution in [0.4, 0.5) is 0 Å². The molecule has 0 N–H and O–H groups in total. The number of carbonyl (C=O) groups is 2. The highest BCUT2D eigenvalue weighted by molar-refractivity contribution is 6.07. The van der Waals surface area contributed by atoms with Crippen LogP contribution in [0.1, 0.15) is 12.0 Å². The summed E-state index contributed by atoms with van der Waals surface area (Å²) in [4.78, 5) is 25.2. The number of benzene rings is 1. The SMILES string of the molecule is COc1cccc(/C=N/N2C(=O)C3C4C=CC(C4)C3C2=O)c1OC. The molecule has 2 amide bonds. The lowest BCUT2D eigenvalue weighted by Gasteiger charge is -2.13. The summed E-state index contributed by atoms with van der Waals surface area (Å²) in [6.45, 7) is 0. The third-order valence-corrected chi connectivity index (χ3v) is 5.19. The number of hydrogen-bond donors (Lipinski definition) is 0. The molecule has 3 aliphatic rings. The fraction of sp³-hybridized carbons (Fsp3) is 0.389. The molecule has 1 aromatic carbocycles. The summed E-state index contributed by atoms with van der Waals surface area (Å²) in [5, 5.41) is 5.19. The second-order valence-corrected chi connectivity index (χ2v) is 6.32. The molecule has 1 aliphatic heterocycles. The molecule has 2 bridgehead atoms. The molecule has 6 heteroatoms. The molecule has 0 spiro atoms. The van der Waals surface area contributed by atoms with Crippen molar-refractivity contribution in [3.63, 3.8) is 0 Å². The molecular weight excluding hydrogens is 308 g/mol. The van der Waals surface area contributed by atoms with Crippen LogP contribution in [0.25, 0.3) is 0 Å². The normalized spacial score (nSPS) is 30.5. The Labute approximate surface area is 139 Å². The molecule has 2 aliphatic carbocycles. The van der Waals surface area contributed by atoms with Gasteiger partial charge < -0.3 is 9.47 Å². The van der Waals surface area contributed by atoms with E-state index in [9.17, 15) is 9.59 Å². The van der Waals surface area contributed by atoms with Gasteiger partial charge in [-0.15, -0.1) is 0 Å². The minimum atomic E-state index is -0.239. The maximum absolute atomic E-state index is 12.6. The van der Waals surface area contributed by atoms with Gasteiger partial charge in [0.1, 0.15) is 0 Å². The fourth-order valence-electron chi connectivity index (χ4n) is 4.13. The van der Waals surface area contributed by atoms with E-state index in [1.54, 1.807) is 25.3 Å². The second-order valence-electron chi connectivity index (χ2n) is 6.32. The Hall–Kier alpha value is -2.63. The van der Waals surface area contributed by atoms with E-state index in [1.807, 2.05) is 0 Å². The first kappa shape index (κ1) is 14.9. The zero-order valence-corrected chi connectivity index (χ0v) is 13.5. The Morgan fingerprint density at radius 3 is 2.33 bits per heavy atom. The molecule has 1 heterocycles. The largest absolute Gasteiger partial charge is 0.493 e. The van der Waals surface area contributed by atoms with Gasteiger partial charge in [-0.25, -0.2) is 0 Å². The molecular formula is C18H18N2O4. The Morgan fingerprint density at radius 1 is 1.08 bits per heavy atom. The summed E-state index contributed by atoms with van der Waals surface area (Å²) in [7, 11) is 3.09. The lowest BCUT2D eigenvalue weighted by molar-refractivity contribution is -0.140. The van der Waals surface area contributed by atoms with Crippen molar-refractivity contribution >= 4 is 18.0 Å². The molecule has 24 heavy (non-hydrogen) atoms. The lowest BCUT2D eigenvalue weighted by atomic mass is 9.85. The summed E-state index contributed by atoms with van der Waals surface area (Å²) in [6.07, 6.45) is 6.52. The zero-order chi connectivity index (χ0) is 16.8. The lowest BCUT2D eigenvalue weighted by Crippen LogP contribution is -2.28. The third-order valence-electron chi connectivity index (χ3n) is 5.19. The molecule has 4 atom stereocenters. The maximum Gasteiger partial charge on any atom is 0.254 e. The van der Waals surface area contributed by atoms with E-state index in [1.165, 1.54) is 13.3 Å². The van der Waals surface area contributed by atoms with E-state index in [4.69, 9.17) is 9.47 Å². The number of allylic oxidation sites excluding steroid dienone is 2. The van der Waals surface area contributed by atoms with Crippen molar-refractivity contribution in [2.75, 3.05) is 14.2 Å². The number of nitrogens with zero attached hydrogens (tertiary/aromatic N) is 2. The summed E-state index contributed by atoms with van der Waals surface area (Å²) in [5.74, 6) is 0.587. The van der Waals surface area contributed by atoms with E-state index in [0.29, 0.717) is 17.1 Å². The fourth-order valence-corrected chi connectivity index (χ4v) is 4.13. The van der Waals surface area contributed by atoms with E-state index in [0.717, 1.165) is 11.4 Å². The van der Waals surface area contributed by atoms with Crippen LogP contribution in [0, 0.1) is 23.7 Å². The standard InChI is InChI=1S/C18H18N2O4/c1-23-13-5-3-4-12(16(13)24-2)9-19-20-17(21)14-10-6-7-11(8-10)15(14)18(20)22/h3-7,9-11,14-15H,8H2,1-2H3/b19-9+. The van der Waals surface area contributed by atoms with Crippen molar-refractivity contribution < 1.29 is 19.1 Å². The second kappa shape index (κ2) is 5.47. The summed E-state index contributed by atoms with van der Waals surface area (Å²) < 4.78 is 10.6. The molecule has 6 nitrogen and oxygen atoms in total. The summed E-state index contributed by atoms with van der Waals surface area (Å²) >= 11 is 0. The van der Waals surface area contributed by atoms with Crippen molar-refractivity contribution in [2.24, 2.45) is 28.8 Å². The van der Waals surface area contributed by atoms with Crippen LogP contribution in [0.3, 0.4) is 0 Å². The number of para-hydroxylation sites is 1. The molecule has 1 saturated carbocycles. The van der Waals surface area contributed by atoms with Crippen LogP contribution in [0.2, 0.25) is 0 Å². The van der Waals surface area contributed by atoms with Crippen LogP contribution < -0.4 is 9.47 Å². The number of fused-ring (bicyclic) bond motifs is 5. The molecule has 4 unspecified atom stereocenters. The van der Waals surface area contributed by atoms with Crippen LogP contribution in [0.15, 0.2) is 35.5 Å². The number of carbonyl (C=O) groups excluding carboxylic acids is 2. The monoisotopic (exact) mass is 326 g/mol. The number of rotatable bonds is 4. The Balaban J connectivity index is 1.62. The Bertz CT molecular complexity index is 740. The first-order valence-electron chi connectivity index (χ1n) is 7.96. The minimum Gasteiger partial charge on any atom is -0.493 e. The first-order valence-corrected chi connectivity index (χ1v) is 7.96. The highest BCUT2D eigenvalue weighted by atomic mass is 16.5. The zero-order valence-electron chi connectivity index (χ0n) is 13.5. The van der Waals surface area contributed by atoms with Gasteiger partial charge in [-0.05, 0) is 30.4 Å². The highest BCUT2D eigenvalue weighted by Gasteiger charge is 2.59. The molecule has 124 valence electrons. The molecule has 2 fully saturated rings. The van der Waals surface area contributed by atoms with Crippen molar-refractivity contribution in [3.05, 3.63) is 35.9 Å². The van der Waals surface area contributed by atoms with Gasteiger partial charge in [-0.3, -0.25) is 9.59 Å². The van der Waals surface area contributed by atoms with Crippen molar-refractivity contribution in [1.29, 1.82) is 0 Å². The van der Waals surface area contributed by atoms with Crippen LogP contribution in [-0.2, 0) is 9.59 Å². The summed E-state index contributed by atoms with van der Waals surface area (Å²) in [5.41, 5.74) is 0.649. The number of hydrogen-bond acceptors (Lipinski definition) is 5. The number of methoxy groups -OCH3 is 2. The van der Waals surface area contributed by atoms with Gasteiger partial charge in [-0.2, -0.15) is 10.1 Å². The average molecular weight is 326 g/mol. The number of hydrazone groups is 1. The van der Waals surface area contributed by atoms with Gasteiger partial charge in [0.05, 0.1) is 32.3 Å². The molecule has 1 aromatic rings. The van der Waals surface area contributed by atoms with Crippen molar-refractivity contribution in [3.8, 4) is 11.5 Å². The van der Waals surface area contributed by atoms with E-state index < -0.39 is 0 Å². The Kier molecular flexibility index (Phi) is 3.40. The number of imide groups is 1. The van der Waals surface area contributed by atoms with E-state index in [-0.39, 0.29) is 35.5 Å². The van der Waals surface area contributed by atoms with Crippen LogP contribution >= 0.6 is 0 Å². The average Bonchev–Trinajstić information content (AvgIpc) is 3.27. The van der Waals surface area contributed by atoms with E-state index >= 15 is 0 Å². The van der Waals surface area contributed by atoms with Crippen LogP contribution in [0.5, 0.6) is 11.5 Å². The maximum atomic E-state index is 12.6. The quantitative estimate of drug-likeness (QED) is 0.481. The number of ether oxygens (including phenoxy) is 2. The van der Waals surface area contributed by atoms with E-state index in [2.05, 4.69) is 17.3 Å². The van der Waals surface area contributed by atoms with Gasteiger partial charge in [0.25, 0.3) is 11.8 Å². The molecule has 0 radical (unpaired) electrons. The van der Waals surface area contributed by atoms with Gasteiger partial charge in [0.2, 0.25) is 0 Å². The minimum absolute atomic E-state index is 0.183. The van der Waals surface area contributed by atoms with Gasteiger partial charge >= 0.3 is 0 Å². The summed E-state index contributed by atoms with van der Waals surface area (Å²) in [6, 6.07) is 5.37. The van der Waals surface area contributed by atoms with Crippen LogP contribution in [-0.4, -0.2) is 37.3 Å². The predicted octanol–water partition coefficient (Wildman–Crippen LogP) is 1.84. The molecule has 1 saturated heterocycles. The number of amides is 2. The predicted molar refractivity (Wildman–Crippen MR) is 86.7 cm³/mol. The third kappa shape index (κ3) is 1.99.